The van der Waals surface area contributed by atoms with Gasteiger partial charge in [-0.3, -0.25) is 9.59 Å². The minimum Gasteiger partial charge on any atom is -0.425 e. The van der Waals surface area contributed by atoms with Crippen LogP contribution in [0.4, 0.5) is 188 Å². The fraction of sp³-hybridized carbons (Fsp3) is 0.526. The average molecular weight is 1140 g/mol. The largest absolute Gasteiger partial charge is 0.425 e. The van der Waals surface area contributed by atoms with Gasteiger partial charge in [-0.25, -0.2) is 4.79 Å². The van der Waals surface area contributed by atoms with Crippen molar-refractivity contribution in [2.75, 3.05) is 0 Å². The van der Waals surface area contributed by atoms with Gasteiger partial charge in [-0.2, -0.15) is 0 Å². The summed E-state index contributed by atoms with van der Waals surface area (Å²) in [5, 5.41) is 3.09. The molecule has 0 spiro atoms. The van der Waals surface area contributed by atoms with E-state index in [1.807, 2.05) is 0 Å². The number of benzene rings is 1. The predicted molar refractivity (Wildman–Crippen MR) is 141 cm³/mol. The predicted octanol–water partition coefficient (Wildman–Crippen LogP) is 20.8. The first-order valence-electron chi connectivity index (χ1n) is 11.6. The van der Waals surface area contributed by atoms with E-state index >= 15 is 0 Å². The van der Waals surface area contributed by atoms with Crippen molar-refractivity contribution >= 4 is 29.4 Å². The Labute approximate surface area is 342 Å². The van der Waals surface area contributed by atoms with Gasteiger partial charge in [-0.15, -0.1) is 0 Å². The lowest BCUT2D eigenvalue weighted by Gasteiger charge is -2.37. The molecule has 1 fully saturated rings. The third-order valence-corrected chi connectivity index (χ3v) is 4.69. The Kier molecular flexibility index (Phi) is 361. The second-order valence-corrected chi connectivity index (χ2v) is 7.11. The van der Waals surface area contributed by atoms with Crippen molar-refractivity contribution in [3.05, 3.63) is 34.9 Å². The summed E-state index contributed by atoms with van der Waals surface area (Å²) in [6.07, 6.45) is 0.434. The van der Waals surface area contributed by atoms with E-state index in [-0.39, 0.29) is 11.7 Å². The molecule has 47 heteroatoms. The molecule has 1 aliphatic carbocycles. The van der Waals surface area contributed by atoms with E-state index in [0.29, 0.717) is 23.4 Å². The number of hydrogen-bond donors (Lipinski definition) is 1. The van der Waals surface area contributed by atoms with Gasteiger partial charge in [0.25, 0.3) is 0 Å². The maximum atomic E-state index is 12.7. The van der Waals surface area contributed by atoms with Crippen molar-refractivity contribution in [1.29, 1.82) is 0 Å². The number of esters is 1. The molecule has 2 rings (SSSR count). The number of alkyl carbamates (subject to hydrolysis) is 1. The smallest absolute Gasteiger partial charge is 0.411 e. The monoisotopic (exact) mass is 1140 g/mol. The van der Waals surface area contributed by atoms with Crippen molar-refractivity contribution in [2.45, 2.75) is 58.3 Å². The third kappa shape index (κ3) is 107. The van der Waals surface area contributed by atoms with Gasteiger partial charge in [0.2, 0.25) is 6.29 Å². The molecular formula is C19H24ClF40NO5. The summed E-state index contributed by atoms with van der Waals surface area (Å²) in [7, 11) is 0. The first-order valence-corrected chi connectivity index (χ1v) is 12.0. The van der Waals surface area contributed by atoms with Crippen molar-refractivity contribution in [2.24, 2.45) is 5.92 Å². The molecule has 0 saturated heterocycles. The van der Waals surface area contributed by atoms with Crippen LogP contribution in [-0.4, -0.2) is 24.1 Å². The molecule has 1 aliphatic rings. The molecule has 422 valence electrons. The van der Waals surface area contributed by atoms with E-state index in [1.165, 1.54) is 6.92 Å². The molecule has 1 aromatic carbocycles. The molecule has 1 amide bonds. The molecule has 0 aliphatic heterocycles. The van der Waals surface area contributed by atoms with Gasteiger partial charge >= 0.3 is 12.1 Å². The Morgan fingerprint density at radius 3 is 1.00 bits per heavy atom. The summed E-state index contributed by atoms with van der Waals surface area (Å²) < 4.78 is 330. The summed E-state index contributed by atoms with van der Waals surface area (Å²) in [4.78, 5) is 36.7. The minimum absolute atomic E-state index is 0.111. The lowest BCUT2D eigenvalue weighted by atomic mass is 9.75. The summed E-state index contributed by atoms with van der Waals surface area (Å²) in [6.45, 7) is 4.81. The quantitative estimate of drug-likeness (QED) is 0.180. The van der Waals surface area contributed by atoms with E-state index in [9.17, 15) is 14.4 Å². The molecule has 2 atom stereocenters. The van der Waals surface area contributed by atoms with Crippen LogP contribution in [0, 0.1) is 5.92 Å². The number of Topliss-reactive ketones (excluding diaryl/α,β-unsaturated/α-hetero) is 1. The average Bonchev–Trinajstić information content (AvgIpc) is 3.46. The number of hydrogen-bond acceptors (Lipinski definition) is 5. The zero-order chi connectivity index (χ0) is 59.3. The van der Waals surface area contributed by atoms with Crippen LogP contribution in [-0.2, 0) is 24.6 Å². The molecule has 0 bridgehead atoms. The Morgan fingerprint density at radius 2 is 0.758 bits per heavy atom. The lowest BCUT2D eigenvalue weighted by molar-refractivity contribution is -0.169. The highest BCUT2D eigenvalue weighted by atomic mass is 35.5. The number of carbonyl (C=O) groups is 3. The van der Waals surface area contributed by atoms with E-state index in [4.69, 9.17) is 204 Å². The maximum absolute atomic E-state index is 12.7. The SMILES string of the molecule is CC(OC(=O)N[C@]1(c2ccccc2Cl)CCCCC1=O)OC(=O)C(C)C.FF.FF.FF.FF.FF.FF.FF.FF.FF.FF.FF.FF.FF.FF.FF.FF.FF.FF.FF.FF. The maximum Gasteiger partial charge on any atom is 0.411 e. The Morgan fingerprint density at radius 1 is 0.485 bits per heavy atom. The van der Waals surface area contributed by atoms with Gasteiger partial charge in [-0.1, -0.05) is 43.6 Å². The normalized spacial score (nSPS) is 10.2. The zero-order valence-electron chi connectivity index (χ0n) is 30.3. The van der Waals surface area contributed by atoms with Crippen LogP contribution in [0.5, 0.6) is 0 Å². The second-order valence-electron chi connectivity index (χ2n) is 6.70. The fourth-order valence-corrected chi connectivity index (χ4v) is 3.30. The van der Waals surface area contributed by atoms with Crippen LogP contribution >= 0.6 is 11.6 Å². The zero-order valence-corrected chi connectivity index (χ0v) is 31.1. The summed E-state index contributed by atoms with van der Waals surface area (Å²) in [5.41, 5.74) is -0.676. The molecule has 66 heavy (non-hydrogen) atoms. The molecule has 0 heterocycles. The van der Waals surface area contributed by atoms with Gasteiger partial charge in [0, 0.05) is 207 Å². The number of amides is 1. The molecular weight excluding hydrogens is 1120 g/mol. The Balaban J connectivity index is -0.0000000273. The standard InChI is InChI=1S/C19H24ClNO5.20F2/c1-12(2)17(23)25-13(3)26-18(24)21-19(11-7-6-10-16(19)22)14-8-4-5-9-15(14)20;20*1-2/h4-5,8-9,12-13H,6-7,10-11H2,1-3H3,(H,21,24);;;;;;;;;;;;;;;;;;;;/t13?,19-;;;;;;;;;;;;;;;;;;;;/m0..................../s1. The lowest BCUT2D eigenvalue weighted by Crippen LogP contribution is -2.54. The summed E-state index contributed by atoms with van der Waals surface area (Å²) >= 11 is 6.29. The number of halogens is 41. The van der Waals surface area contributed by atoms with Crippen molar-refractivity contribution in [1.82, 2.24) is 5.32 Å². The van der Waals surface area contributed by atoms with Crippen LogP contribution < -0.4 is 5.32 Å². The van der Waals surface area contributed by atoms with Crippen molar-refractivity contribution in [3.8, 4) is 0 Å². The Hall–Kier alpha value is -4.88. The minimum atomic E-state index is -1.23. The first-order chi connectivity index (χ1) is 32.3. The third-order valence-electron chi connectivity index (χ3n) is 4.36. The van der Waals surface area contributed by atoms with Crippen LogP contribution in [0.2, 0.25) is 5.02 Å². The second kappa shape index (κ2) is 192. The number of nitrogens with one attached hydrogen (secondary N) is 1. The molecule has 1 saturated carbocycles. The van der Waals surface area contributed by atoms with Crippen molar-refractivity contribution in [3.63, 3.8) is 0 Å². The molecule has 1 N–H and O–H groups in total. The van der Waals surface area contributed by atoms with E-state index in [0.717, 1.165) is 12.8 Å². The molecule has 0 radical (unpaired) electrons. The van der Waals surface area contributed by atoms with Crippen LogP contribution in [0.1, 0.15) is 52.0 Å². The first kappa shape index (κ1) is 125. The van der Waals surface area contributed by atoms with Gasteiger partial charge in [0.05, 0.1) is 5.92 Å². The Bertz CT molecular complexity index is 754. The number of ketones is 1. The van der Waals surface area contributed by atoms with Crippen molar-refractivity contribution < 1.29 is 207 Å². The molecule has 1 aromatic rings. The van der Waals surface area contributed by atoms with E-state index in [1.54, 1.807) is 38.1 Å². The van der Waals surface area contributed by atoms with Gasteiger partial charge < -0.3 is 14.8 Å². The summed E-state index contributed by atoms with van der Waals surface area (Å²) in [6, 6.07) is 6.94. The van der Waals surface area contributed by atoms with E-state index < -0.39 is 23.9 Å². The number of carbonyl (C=O) groups excluding carboxylic acids is 3. The fourth-order valence-electron chi connectivity index (χ4n) is 3.00. The van der Waals surface area contributed by atoms with Crippen LogP contribution in [0.25, 0.3) is 0 Å². The van der Waals surface area contributed by atoms with Gasteiger partial charge in [-0.05, 0) is 25.3 Å². The highest BCUT2D eigenvalue weighted by Gasteiger charge is 2.44. The van der Waals surface area contributed by atoms with E-state index in [2.05, 4.69) is 5.32 Å². The number of rotatable bonds is 5. The molecule has 0 aromatic heterocycles. The van der Waals surface area contributed by atoms with Gasteiger partial charge in [0.15, 0.2) is 5.78 Å². The topological polar surface area (TPSA) is 81.7 Å². The number of ether oxygens (including phenoxy) is 2. The van der Waals surface area contributed by atoms with Gasteiger partial charge in [0.1, 0.15) is 5.54 Å². The summed E-state index contributed by atoms with van der Waals surface area (Å²) in [5.74, 6) is -0.918. The molecule has 1 unspecified atom stereocenters. The van der Waals surface area contributed by atoms with Crippen LogP contribution in [0.3, 0.4) is 0 Å². The highest BCUT2D eigenvalue weighted by Crippen LogP contribution is 2.38. The van der Waals surface area contributed by atoms with Crippen LogP contribution in [0.15, 0.2) is 24.3 Å². The highest BCUT2D eigenvalue weighted by molar-refractivity contribution is 6.31. The molecule has 6 nitrogen and oxygen atoms in total.